The van der Waals surface area contributed by atoms with Crippen molar-refractivity contribution in [2.75, 3.05) is 0 Å². The molecule has 0 radical (unpaired) electrons. The molecule has 110 valence electrons. The lowest BCUT2D eigenvalue weighted by Gasteiger charge is -2.10. The molecule has 0 unspecified atom stereocenters. The third kappa shape index (κ3) is 2.42. The van der Waals surface area contributed by atoms with E-state index in [4.69, 9.17) is 4.98 Å². The molecular formula is C20H14N2O. The maximum atomic E-state index is 10.2. The topological polar surface area (TPSA) is 46.0 Å². The van der Waals surface area contributed by atoms with Gasteiger partial charge in [-0.15, -0.1) is 0 Å². The van der Waals surface area contributed by atoms with E-state index < -0.39 is 0 Å². The van der Waals surface area contributed by atoms with Crippen molar-refractivity contribution < 1.29 is 5.11 Å². The van der Waals surface area contributed by atoms with Crippen LogP contribution in [0.2, 0.25) is 0 Å². The highest BCUT2D eigenvalue weighted by molar-refractivity contribution is 5.94. The first-order valence-corrected chi connectivity index (χ1v) is 7.43. The molecule has 3 heteroatoms. The molecule has 0 bridgehead atoms. The lowest BCUT2D eigenvalue weighted by Crippen LogP contribution is -1.95. The summed E-state index contributed by atoms with van der Waals surface area (Å²) in [5, 5.41) is 11.1. The van der Waals surface area contributed by atoms with Crippen LogP contribution in [0.25, 0.3) is 33.5 Å². The number of hydrogen-bond donors (Lipinski definition) is 1. The lowest BCUT2D eigenvalue weighted by molar-refractivity contribution is 0.477. The van der Waals surface area contributed by atoms with E-state index >= 15 is 0 Å². The number of rotatable bonds is 2. The third-order valence-corrected chi connectivity index (χ3v) is 3.79. The Morgan fingerprint density at radius 1 is 0.652 bits per heavy atom. The van der Waals surface area contributed by atoms with E-state index in [-0.39, 0.29) is 5.75 Å². The van der Waals surface area contributed by atoms with Crippen LogP contribution >= 0.6 is 0 Å². The monoisotopic (exact) mass is 298 g/mol. The van der Waals surface area contributed by atoms with Crippen LogP contribution in [-0.2, 0) is 0 Å². The van der Waals surface area contributed by atoms with Gasteiger partial charge in [-0.1, -0.05) is 60.7 Å². The van der Waals surface area contributed by atoms with Gasteiger partial charge in [0.25, 0.3) is 0 Å². The van der Waals surface area contributed by atoms with E-state index in [1.54, 1.807) is 12.1 Å². The molecule has 0 fully saturated rings. The summed E-state index contributed by atoms with van der Waals surface area (Å²) in [5.41, 5.74) is 3.27. The summed E-state index contributed by atoms with van der Waals surface area (Å²) in [5.74, 6) is 0.873. The molecule has 0 amide bonds. The molecule has 1 heterocycles. The van der Waals surface area contributed by atoms with Crippen molar-refractivity contribution in [1.29, 1.82) is 0 Å². The molecule has 1 N–H and O–H groups in total. The fraction of sp³-hybridized carbons (Fsp3) is 0. The molecule has 0 atom stereocenters. The van der Waals surface area contributed by atoms with Gasteiger partial charge >= 0.3 is 0 Å². The van der Waals surface area contributed by atoms with Crippen LogP contribution in [0.1, 0.15) is 0 Å². The molecule has 0 aliphatic carbocycles. The Hall–Kier alpha value is -3.20. The number of phenols is 1. The number of aromatic nitrogens is 2. The van der Waals surface area contributed by atoms with E-state index in [1.165, 1.54) is 0 Å². The van der Waals surface area contributed by atoms with Gasteiger partial charge in [-0.25, -0.2) is 9.97 Å². The van der Waals surface area contributed by atoms with Gasteiger partial charge in [0.15, 0.2) is 5.82 Å². The minimum Gasteiger partial charge on any atom is -0.507 e. The minimum absolute atomic E-state index is 0.218. The SMILES string of the molecule is Oc1ccccc1-c1nc(-c2ccccc2)nc2ccccc12. The highest BCUT2D eigenvalue weighted by Gasteiger charge is 2.13. The average molecular weight is 298 g/mol. The highest BCUT2D eigenvalue weighted by atomic mass is 16.3. The third-order valence-electron chi connectivity index (χ3n) is 3.79. The molecule has 0 saturated carbocycles. The van der Waals surface area contributed by atoms with Gasteiger partial charge in [-0.2, -0.15) is 0 Å². The van der Waals surface area contributed by atoms with Gasteiger partial charge in [-0.05, 0) is 18.2 Å². The Bertz CT molecular complexity index is 981. The quantitative estimate of drug-likeness (QED) is 0.585. The highest BCUT2D eigenvalue weighted by Crippen LogP contribution is 2.33. The van der Waals surface area contributed by atoms with Crippen molar-refractivity contribution in [2.45, 2.75) is 0 Å². The second-order valence-electron chi connectivity index (χ2n) is 5.30. The molecule has 1 aromatic heterocycles. The summed E-state index contributed by atoms with van der Waals surface area (Å²) in [4.78, 5) is 9.40. The molecule has 0 aliphatic heterocycles. The Morgan fingerprint density at radius 2 is 1.35 bits per heavy atom. The molecular weight excluding hydrogens is 284 g/mol. The van der Waals surface area contributed by atoms with Crippen molar-refractivity contribution >= 4 is 10.9 Å². The van der Waals surface area contributed by atoms with Gasteiger partial charge < -0.3 is 5.11 Å². The van der Waals surface area contributed by atoms with Gasteiger partial charge in [0, 0.05) is 16.5 Å². The number of phenolic OH excluding ortho intramolecular Hbond substituents is 1. The number of aromatic hydroxyl groups is 1. The predicted octanol–water partition coefficient (Wildman–Crippen LogP) is 4.67. The number of fused-ring (bicyclic) bond motifs is 1. The Balaban J connectivity index is 2.04. The van der Waals surface area contributed by atoms with Crippen molar-refractivity contribution in [3.63, 3.8) is 0 Å². The first-order valence-electron chi connectivity index (χ1n) is 7.43. The lowest BCUT2D eigenvalue weighted by atomic mass is 10.0. The minimum atomic E-state index is 0.218. The van der Waals surface area contributed by atoms with E-state index in [1.807, 2.05) is 66.7 Å². The molecule has 23 heavy (non-hydrogen) atoms. The zero-order chi connectivity index (χ0) is 15.6. The fourth-order valence-electron chi connectivity index (χ4n) is 2.67. The molecule has 3 aromatic carbocycles. The molecule has 4 aromatic rings. The smallest absolute Gasteiger partial charge is 0.160 e. The number of nitrogens with zero attached hydrogens (tertiary/aromatic N) is 2. The average Bonchev–Trinajstić information content (AvgIpc) is 2.62. The number of hydrogen-bond acceptors (Lipinski definition) is 3. The first kappa shape index (κ1) is 13.5. The Labute approximate surface area is 133 Å². The second kappa shape index (κ2) is 5.54. The predicted molar refractivity (Wildman–Crippen MR) is 92.1 cm³/mol. The van der Waals surface area contributed by atoms with Crippen LogP contribution in [0.15, 0.2) is 78.9 Å². The number of para-hydroxylation sites is 2. The summed E-state index contributed by atoms with van der Waals surface area (Å²) in [7, 11) is 0. The van der Waals surface area contributed by atoms with E-state index in [0.29, 0.717) is 11.4 Å². The van der Waals surface area contributed by atoms with Gasteiger partial charge in [0.2, 0.25) is 0 Å². The van der Waals surface area contributed by atoms with Gasteiger partial charge in [-0.3, -0.25) is 0 Å². The summed E-state index contributed by atoms with van der Waals surface area (Å²) >= 11 is 0. The Morgan fingerprint density at radius 3 is 2.17 bits per heavy atom. The van der Waals surface area contributed by atoms with Crippen LogP contribution in [0.4, 0.5) is 0 Å². The maximum Gasteiger partial charge on any atom is 0.160 e. The molecule has 0 aliphatic rings. The van der Waals surface area contributed by atoms with E-state index in [2.05, 4.69) is 4.98 Å². The second-order valence-corrected chi connectivity index (χ2v) is 5.30. The summed E-state index contributed by atoms with van der Waals surface area (Å²) in [6.45, 7) is 0. The summed E-state index contributed by atoms with van der Waals surface area (Å²) in [6, 6.07) is 25.0. The van der Waals surface area contributed by atoms with Crippen LogP contribution < -0.4 is 0 Å². The zero-order valence-corrected chi connectivity index (χ0v) is 12.3. The van der Waals surface area contributed by atoms with Crippen molar-refractivity contribution in [3.8, 4) is 28.4 Å². The van der Waals surface area contributed by atoms with Crippen molar-refractivity contribution in [3.05, 3.63) is 78.9 Å². The zero-order valence-electron chi connectivity index (χ0n) is 12.3. The molecule has 3 nitrogen and oxygen atoms in total. The largest absolute Gasteiger partial charge is 0.507 e. The van der Waals surface area contributed by atoms with Crippen molar-refractivity contribution in [1.82, 2.24) is 9.97 Å². The normalized spacial score (nSPS) is 10.8. The molecule has 0 spiro atoms. The van der Waals surface area contributed by atoms with Crippen LogP contribution in [0, 0.1) is 0 Å². The van der Waals surface area contributed by atoms with E-state index in [0.717, 1.165) is 22.2 Å². The van der Waals surface area contributed by atoms with Crippen LogP contribution in [0.5, 0.6) is 5.75 Å². The van der Waals surface area contributed by atoms with E-state index in [9.17, 15) is 5.11 Å². The van der Waals surface area contributed by atoms with Crippen LogP contribution in [0.3, 0.4) is 0 Å². The first-order chi connectivity index (χ1) is 11.3. The maximum absolute atomic E-state index is 10.2. The van der Waals surface area contributed by atoms with Gasteiger partial charge in [0.05, 0.1) is 11.2 Å². The molecule has 0 saturated heterocycles. The van der Waals surface area contributed by atoms with Crippen molar-refractivity contribution in [2.24, 2.45) is 0 Å². The molecule has 4 rings (SSSR count). The summed E-state index contributed by atoms with van der Waals surface area (Å²) in [6.07, 6.45) is 0. The number of benzene rings is 3. The standard InChI is InChI=1S/C20H14N2O/c23-18-13-7-5-11-16(18)19-15-10-4-6-12-17(15)21-20(22-19)14-8-2-1-3-9-14/h1-13,23H. The van der Waals surface area contributed by atoms with Crippen LogP contribution in [-0.4, -0.2) is 15.1 Å². The fourth-order valence-corrected chi connectivity index (χ4v) is 2.67. The Kier molecular flexibility index (Phi) is 3.24. The van der Waals surface area contributed by atoms with Gasteiger partial charge in [0.1, 0.15) is 5.75 Å². The summed E-state index contributed by atoms with van der Waals surface area (Å²) < 4.78 is 0.